The van der Waals surface area contributed by atoms with E-state index in [0.717, 1.165) is 33.4 Å². The highest BCUT2D eigenvalue weighted by Gasteiger charge is 2.53. The lowest BCUT2D eigenvalue weighted by Crippen LogP contribution is -2.51. The average Bonchev–Trinajstić information content (AvgIpc) is 3.35. The lowest BCUT2D eigenvalue weighted by molar-refractivity contribution is -0.175. The summed E-state index contributed by atoms with van der Waals surface area (Å²) in [6, 6.07) is 8.35. The number of halogens is 1. The largest absolute Gasteiger partial charge is 0.479 e. The molecule has 0 amide bonds. The molecule has 0 radical (unpaired) electrons. The Balaban J connectivity index is 1.83. The molecule has 4 aromatic rings. The summed E-state index contributed by atoms with van der Waals surface area (Å²) in [6.45, 7) is 4.60. The van der Waals surface area contributed by atoms with Crippen LogP contribution in [0.15, 0.2) is 36.5 Å². The van der Waals surface area contributed by atoms with Gasteiger partial charge in [-0.25, -0.2) is 14.2 Å². The molecule has 178 valence electrons. The predicted molar refractivity (Wildman–Crippen MR) is 125 cm³/mol. The number of fused-ring (bicyclic) bond motifs is 2. The van der Waals surface area contributed by atoms with Crippen molar-refractivity contribution in [2.24, 2.45) is 0 Å². The van der Waals surface area contributed by atoms with Gasteiger partial charge in [0.15, 0.2) is 11.2 Å². The number of carboxylic acids is 1. The van der Waals surface area contributed by atoms with Gasteiger partial charge in [-0.3, -0.25) is 5.10 Å². The second-order valence-electron chi connectivity index (χ2n) is 9.66. The number of nitrogens with zero attached hydrogens (tertiary/aromatic N) is 3. The number of hydrogen-bond donors (Lipinski definition) is 2. The maximum Gasteiger partial charge on any atom is 0.335 e. The number of nitrogens with one attached hydrogen (secondary N) is 1. The Labute approximate surface area is 195 Å². The van der Waals surface area contributed by atoms with E-state index in [9.17, 15) is 14.3 Å². The SMILES string of the molecule is COCC(C)(C)c1c(C2CC(OC)(C(=O)O)C2)c2nc3[nH]ncc3cc2n1-c1ccc(F)cc1. The zero-order valence-corrected chi connectivity index (χ0v) is 19.6. The first-order valence-electron chi connectivity index (χ1n) is 11.1. The molecule has 0 saturated heterocycles. The first kappa shape index (κ1) is 22.5. The molecule has 1 aliphatic carbocycles. The molecule has 1 saturated carbocycles. The van der Waals surface area contributed by atoms with Crippen molar-refractivity contribution in [2.75, 3.05) is 20.8 Å². The fraction of sp³-hybridized carbons (Fsp3) is 0.400. The summed E-state index contributed by atoms with van der Waals surface area (Å²) in [7, 11) is 3.09. The minimum absolute atomic E-state index is 0.0840. The summed E-state index contributed by atoms with van der Waals surface area (Å²) in [5.74, 6) is -1.37. The molecule has 0 aliphatic heterocycles. The molecule has 5 rings (SSSR count). The van der Waals surface area contributed by atoms with Crippen LogP contribution < -0.4 is 0 Å². The van der Waals surface area contributed by atoms with E-state index < -0.39 is 17.0 Å². The van der Waals surface area contributed by atoms with E-state index >= 15 is 0 Å². The molecule has 34 heavy (non-hydrogen) atoms. The van der Waals surface area contributed by atoms with Gasteiger partial charge in [0, 0.05) is 42.0 Å². The normalized spacial score (nSPS) is 20.7. The predicted octanol–water partition coefficient (Wildman–Crippen LogP) is 4.31. The van der Waals surface area contributed by atoms with Gasteiger partial charge in [-0.1, -0.05) is 13.8 Å². The summed E-state index contributed by atoms with van der Waals surface area (Å²) in [4.78, 5) is 16.9. The molecule has 8 nitrogen and oxygen atoms in total. The maximum absolute atomic E-state index is 13.8. The van der Waals surface area contributed by atoms with E-state index in [1.165, 1.54) is 19.2 Å². The van der Waals surface area contributed by atoms with Crippen LogP contribution in [-0.4, -0.2) is 57.3 Å². The van der Waals surface area contributed by atoms with E-state index in [1.54, 1.807) is 25.4 Å². The molecule has 1 aromatic carbocycles. The summed E-state index contributed by atoms with van der Waals surface area (Å²) < 4.78 is 26.9. The zero-order chi connectivity index (χ0) is 24.3. The van der Waals surface area contributed by atoms with E-state index in [-0.39, 0.29) is 11.7 Å². The van der Waals surface area contributed by atoms with Crippen LogP contribution in [0.1, 0.15) is 43.9 Å². The lowest BCUT2D eigenvalue weighted by atomic mass is 9.66. The highest BCUT2D eigenvalue weighted by molar-refractivity contribution is 5.94. The number of hydrogen-bond acceptors (Lipinski definition) is 5. The van der Waals surface area contributed by atoms with Gasteiger partial charge in [-0.05, 0) is 49.1 Å². The highest BCUT2D eigenvalue weighted by atomic mass is 19.1. The number of H-pyrrole nitrogens is 1. The van der Waals surface area contributed by atoms with Gasteiger partial charge in [-0.15, -0.1) is 0 Å². The first-order valence-corrected chi connectivity index (χ1v) is 11.1. The number of rotatable bonds is 7. The smallest absolute Gasteiger partial charge is 0.335 e. The quantitative estimate of drug-likeness (QED) is 0.421. The molecule has 2 N–H and O–H groups in total. The van der Waals surface area contributed by atoms with Crippen molar-refractivity contribution in [2.45, 2.75) is 43.6 Å². The number of ether oxygens (including phenoxy) is 2. The molecular formula is C25H27FN4O4. The number of carbonyl (C=O) groups is 1. The average molecular weight is 467 g/mol. The fourth-order valence-electron chi connectivity index (χ4n) is 5.30. The van der Waals surface area contributed by atoms with Gasteiger partial charge in [0.25, 0.3) is 0 Å². The van der Waals surface area contributed by atoms with Crippen molar-refractivity contribution < 1.29 is 23.8 Å². The third-order valence-corrected chi connectivity index (χ3v) is 6.95. The van der Waals surface area contributed by atoms with Crippen LogP contribution in [0.5, 0.6) is 0 Å². The summed E-state index contributed by atoms with van der Waals surface area (Å²) in [5.41, 5.74) is 3.31. The number of carboxylic acid groups (broad SMARTS) is 1. The summed E-state index contributed by atoms with van der Waals surface area (Å²) >= 11 is 0. The lowest BCUT2D eigenvalue weighted by Gasteiger charge is -2.44. The van der Waals surface area contributed by atoms with Gasteiger partial charge in [0.1, 0.15) is 5.82 Å². The number of aliphatic carboxylic acids is 1. The van der Waals surface area contributed by atoms with Gasteiger partial charge < -0.3 is 19.1 Å². The number of aromatic amines is 1. The van der Waals surface area contributed by atoms with Crippen LogP contribution in [0.3, 0.4) is 0 Å². The van der Waals surface area contributed by atoms with Crippen LogP contribution in [-0.2, 0) is 19.7 Å². The van der Waals surface area contributed by atoms with Crippen molar-refractivity contribution in [1.82, 2.24) is 19.7 Å². The Bertz CT molecular complexity index is 1380. The van der Waals surface area contributed by atoms with Crippen LogP contribution in [0, 0.1) is 5.82 Å². The highest BCUT2D eigenvalue weighted by Crippen LogP contribution is 2.52. The molecule has 0 bridgehead atoms. The molecule has 3 aromatic heterocycles. The molecular weight excluding hydrogens is 439 g/mol. The zero-order valence-electron chi connectivity index (χ0n) is 19.6. The van der Waals surface area contributed by atoms with Gasteiger partial charge in [0.2, 0.25) is 0 Å². The Morgan fingerprint density at radius 2 is 2.00 bits per heavy atom. The fourth-order valence-corrected chi connectivity index (χ4v) is 5.30. The molecule has 0 spiro atoms. The second kappa shape index (κ2) is 7.89. The maximum atomic E-state index is 13.8. The van der Waals surface area contributed by atoms with Crippen LogP contribution >= 0.6 is 0 Å². The Morgan fingerprint density at radius 3 is 2.62 bits per heavy atom. The standard InChI is InChI=1S/C25H27FN4O4/c1-24(2,13-33-3)21-19(15-10-25(11-15,34-4)23(31)32)20-18(9-14-12-27-29-22(14)28-20)30(21)17-7-5-16(26)6-8-17/h5-9,12,15H,10-11,13H2,1-4H3,(H,31,32)(H,27,28,29). The minimum atomic E-state index is -1.21. The van der Waals surface area contributed by atoms with Gasteiger partial charge in [0.05, 0.1) is 23.8 Å². The molecule has 0 unspecified atom stereocenters. The molecule has 1 aliphatic rings. The monoisotopic (exact) mass is 466 g/mol. The molecule has 9 heteroatoms. The topological polar surface area (TPSA) is 102 Å². The third-order valence-electron chi connectivity index (χ3n) is 6.95. The van der Waals surface area contributed by atoms with Crippen molar-refractivity contribution in [3.05, 3.63) is 53.6 Å². The summed E-state index contributed by atoms with van der Waals surface area (Å²) in [5, 5.41) is 17.7. The molecule has 3 heterocycles. The van der Waals surface area contributed by atoms with Crippen LogP contribution in [0.2, 0.25) is 0 Å². The number of methoxy groups -OCH3 is 2. The number of pyridine rings is 1. The van der Waals surface area contributed by atoms with Crippen molar-refractivity contribution in [3.8, 4) is 5.69 Å². The number of aromatic nitrogens is 4. The van der Waals surface area contributed by atoms with Crippen LogP contribution in [0.25, 0.3) is 27.8 Å². The Kier molecular flexibility index (Phi) is 5.22. The van der Waals surface area contributed by atoms with E-state index in [4.69, 9.17) is 14.5 Å². The van der Waals surface area contributed by atoms with Crippen LogP contribution in [0.4, 0.5) is 4.39 Å². The number of benzene rings is 1. The van der Waals surface area contributed by atoms with Crippen molar-refractivity contribution in [3.63, 3.8) is 0 Å². The summed E-state index contributed by atoms with van der Waals surface area (Å²) in [6.07, 6.45) is 2.38. The Morgan fingerprint density at radius 1 is 1.29 bits per heavy atom. The molecule has 0 atom stereocenters. The van der Waals surface area contributed by atoms with Crippen molar-refractivity contribution in [1.29, 1.82) is 0 Å². The minimum Gasteiger partial charge on any atom is -0.479 e. The second-order valence-corrected chi connectivity index (χ2v) is 9.66. The van der Waals surface area contributed by atoms with Gasteiger partial charge >= 0.3 is 5.97 Å². The van der Waals surface area contributed by atoms with E-state index in [0.29, 0.717) is 25.1 Å². The van der Waals surface area contributed by atoms with Crippen molar-refractivity contribution >= 4 is 28.0 Å². The van der Waals surface area contributed by atoms with E-state index in [2.05, 4.69) is 28.6 Å². The van der Waals surface area contributed by atoms with Gasteiger partial charge in [-0.2, -0.15) is 5.10 Å². The third kappa shape index (κ3) is 3.30. The van der Waals surface area contributed by atoms with E-state index in [1.807, 2.05) is 6.07 Å². The first-order chi connectivity index (χ1) is 16.2. The Hall–Kier alpha value is -3.30. The molecule has 1 fully saturated rings.